The van der Waals surface area contributed by atoms with Crippen molar-refractivity contribution in [2.75, 3.05) is 12.9 Å². The third kappa shape index (κ3) is 11.8. The predicted molar refractivity (Wildman–Crippen MR) is 76.8 cm³/mol. The molecule has 4 heteroatoms. The van der Waals surface area contributed by atoms with Gasteiger partial charge < -0.3 is 4.74 Å². The Balaban J connectivity index is 3.35. The van der Waals surface area contributed by atoms with Crippen LogP contribution in [0.3, 0.4) is 0 Å². The Bertz CT molecular complexity index is 262. The minimum Gasteiger partial charge on any atom is -0.466 e. The third-order valence-corrected chi connectivity index (χ3v) is 3.89. The van der Waals surface area contributed by atoms with E-state index in [2.05, 4.69) is 11.7 Å². The predicted octanol–water partition coefficient (Wildman–Crippen LogP) is 3.56. The number of hydrogen-bond donors (Lipinski definition) is 0. The van der Waals surface area contributed by atoms with Crippen LogP contribution in [0.1, 0.15) is 58.3 Å². The zero-order chi connectivity index (χ0) is 13.6. The minimum absolute atomic E-state index is 0.445. The number of esters is 1. The van der Waals surface area contributed by atoms with E-state index in [0.29, 0.717) is 5.75 Å². The summed E-state index contributed by atoms with van der Waals surface area (Å²) in [6.45, 7) is 2.22. The SMILES string of the molecule is CCCCCCCCCCS(=O)/C=C/C(=O)OC. The van der Waals surface area contributed by atoms with Crippen LogP contribution in [-0.2, 0) is 20.3 Å². The van der Waals surface area contributed by atoms with E-state index in [0.717, 1.165) is 12.8 Å². The van der Waals surface area contributed by atoms with Gasteiger partial charge in [0, 0.05) is 28.0 Å². The van der Waals surface area contributed by atoms with Crippen molar-refractivity contribution in [1.82, 2.24) is 0 Å². The van der Waals surface area contributed by atoms with Gasteiger partial charge in [-0.25, -0.2) is 4.79 Å². The summed E-state index contributed by atoms with van der Waals surface area (Å²) in [7, 11) is 0.280. The van der Waals surface area contributed by atoms with Crippen molar-refractivity contribution in [2.45, 2.75) is 58.3 Å². The van der Waals surface area contributed by atoms with Crippen LogP contribution in [0.15, 0.2) is 11.5 Å². The van der Waals surface area contributed by atoms with Crippen molar-refractivity contribution in [3.8, 4) is 0 Å². The molecule has 0 bridgehead atoms. The molecule has 0 rings (SSSR count). The van der Waals surface area contributed by atoms with Gasteiger partial charge in [-0.2, -0.15) is 0 Å². The molecule has 0 radical (unpaired) electrons. The summed E-state index contributed by atoms with van der Waals surface area (Å²) in [5, 5.41) is 1.42. The Morgan fingerprint density at radius 2 is 1.61 bits per heavy atom. The summed E-state index contributed by atoms with van der Waals surface area (Å²) < 4.78 is 15.9. The molecule has 0 N–H and O–H groups in total. The van der Waals surface area contributed by atoms with Crippen LogP contribution in [0.4, 0.5) is 0 Å². The van der Waals surface area contributed by atoms with E-state index in [-0.39, 0.29) is 0 Å². The quantitative estimate of drug-likeness (QED) is 0.329. The van der Waals surface area contributed by atoms with Gasteiger partial charge in [0.25, 0.3) is 0 Å². The van der Waals surface area contributed by atoms with Crippen molar-refractivity contribution in [3.63, 3.8) is 0 Å². The molecule has 0 amide bonds. The van der Waals surface area contributed by atoms with Crippen LogP contribution >= 0.6 is 0 Å². The van der Waals surface area contributed by atoms with E-state index in [1.54, 1.807) is 0 Å². The van der Waals surface area contributed by atoms with Gasteiger partial charge in [-0.3, -0.25) is 4.21 Å². The van der Waals surface area contributed by atoms with Crippen LogP contribution in [0.5, 0.6) is 0 Å². The molecule has 0 aliphatic heterocycles. The molecule has 0 saturated carbocycles. The van der Waals surface area contributed by atoms with Gasteiger partial charge in [0.15, 0.2) is 0 Å². The molecule has 0 fully saturated rings. The molecule has 1 atom stereocenters. The van der Waals surface area contributed by atoms with Crippen molar-refractivity contribution < 1.29 is 13.7 Å². The maximum Gasteiger partial charge on any atom is 0.331 e. The summed E-state index contributed by atoms with van der Waals surface area (Å²) in [5.41, 5.74) is 0. The van der Waals surface area contributed by atoms with Gasteiger partial charge >= 0.3 is 5.97 Å². The fourth-order valence-electron chi connectivity index (χ4n) is 1.65. The average molecular weight is 274 g/mol. The third-order valence-electron chi connectivity index (χ3n) is 2.76. The molecule has 1 unspecified atom stereocenters. The van der Waals surface area contributed by atoms with Crippen LogP contribution < -0.4 is 0 Å². The van der Waals surface area contributed by atoms with E-state index >= 15 is 0 Å². The molecule has 0 saturated heterocycles. The van der Waals surface area contributed by atoms with Crippen molar-refractivity contribution in [1.29, 1.82) is 0 Å². The summed E-state index contributed by atoms with van der Waals surface area (Å²) >= 11 is 0. The molecule has 3 nitrogen and oxygen atoms in total. The molecule has 106 valence electrons. The smallest absolute Gasteiger partial charge is 0.331 e. The molecule has 0 aromatic rings. The largest absolute Gasteiger partial charge is 0.466 e. The molecule has 0 spiro atoms. The number of hydrogen-bond acceptors (Lipinski definition) is 3. The molecular formula is C14H26O3S. The van der Waals surface area contributed by atoms with Crippen LogP contribution in [0.25, 0.3) is 0 Å². The Kier molecular flexibility index (Phi) is 12.4. The summed E-state index contributed by atoms with van der Waals surface area (Å²) in [5.74, 6) is 0.196. The van der Waals surface area contributed by atoms with Crippen molar-refractivity contribution in [3.05, 3.63) is 11.5 Å². The molecular weight excluding hydrogens is 248 g/mol. The number of methoxy groups -OCH3 is 1. The number of unbranched alkanes of at least 4 members (excludes halogenated alkanes) is 7. The van der Waals surface area contributed by atoms with Gasteiger partial charge in [-0.15, -0.1) is 0 Å². The molecule has 18 heavy (non-hydrogen) atoms. The second-order valence-electron chi connectivity index (χ2n) is 4.39. The Morgan fingerprint density at radius 3 is 2.17 bits per heavy atom. The van der Waals surface area contributed by atoms with Gasteiger partial charge in [-0.05, 0) is 6.42 Å². The Hall–Kier alpha value is -0.640. The van der Waals surface area contributed by atoms with E-state index in [1.807, 2.05) is 0 Å². The lowest BCUT2D eigenvalue weighted by Gasteiger charge is -2.00. The number of carbonyl (C=O) groups is 1. The summed E-state index contributed by atoms with van der Waals surface area (Å²) in [4.78, 5) is 10.8. The first-order valence-electron chi connectivity index (χ1n) is 6.84. The van der Waals surface area contributed by atoms with Gasteiger partial charge in [0.2, 0.25) is 0 Å². The van der Waals surface area contributed by atoms with Gasteiger partial charge in [0.1, 0.15) is 0 Å². The van der Waals surface area contributed by atoms with E-state index in [4.69, 9.17) is 0 Å². The Labute approximate surface area is 113 Å². The zero-order valence-corrected chi connectivity index (χ0v) is 12.5. The van der Waals surface area contributed by atoms with Gasteiger partial charge in [-0.1, -0.05) is 51.9 Å². The maximum atomic E-state index is 11.5. The lowest BCUT2D eigenvalue weighted by atomic mass is 10.1. The monoisotopic (exact) mass is 274 g/mol. The summed E-state index contributed by atoms with van der Waals surface area (Å²) in [6.07, 6.45) is 11.1. The second-order valence-corrected chi connectivity index (χ2v) is 5.83. The molecule has 0 aliphatic rings. The zero-order valence-electron chi connectivity index (χ0n) is 11.7. The standard InChI is InChI=1S/C14H26O3S/c1-3-4-5-6-7-8-9-10-12-18(16)13-11-14(15)17-2/h11,13H,3-10,12H2,1-2H3/b13-11+. The molecule has 0 aromatic heterocycles. The van der Waals surface area contributed by atoms with Crippen molar-refractivity contribution in [2.24, 2.45) is 0 Å². The normalized spacial score (nSPS) is 12.8. The Morgan fingerprint density at radius 1 is 1.06 bits per heavy atom. The highest BCUT2D eigenvalue weighted by atomic mass is 32.2. The minimum atomic E-state index is -1.03. The number of rotatable bonds is 11. The van der Waals surface area contributed by atoms with Crippen LogP contribution in [0, 0.1) is 0 Å². The lowest BCUT2D eigenvalue weighted by Crippen LogP contribution is -1.97. The highest BCUT2D eigenvalue weighted by Gasteiger charge is 1.97. The lowest BCUT2D eigenvalue weighted by molar-refractivity contribution is -0.134. The first kappa shape index (κ1) is 17.4. The molecule has 0 aromatic carbocycles. The van der Waals surface area contributed by atoms with Gasteiger partial charge in [0.05, 0.1) is 7.11 Å². The number of carbonyl (C=O) groups excluding carboxylic acids is 1. The first-order valence-corrected chi connectivity index (χ1v) is 8.22. The van der Waals surface area contributed by atoms with E-state index in [9.17, 15) is 9.00 Å². The van der Waals surface area contributed by atoms with Crippen LogP contribution in [0.2, 0.25) is 0 Å². The first-order chi connectivity index (χ1) is 8.70. The van der Waals surface area contributed by atoms with E-state index < -0.39 is 16.8 Å². The average Bonchev–Trinajstić information content (AvgIpc) is 2.39. The fourth-order valence-corrected chi connectivity index (χ4v) is 2.53. The highest BCUT2D eigenvalue weighted by Crippen LogP contribution is 2.08. The molecule has 0 aliphatic carbocycles. The molecule has 0 heterocycles. The van der Waals surface area contributed by atoms with Crippen LogP contribution in [-0.4, -0.2) is 23.0 Å². The number of ether oxygens (including phenoxy) is 1. The maximum absolute atomic E-state index is 11.5. The topological polar surface area (TPSA) is 43.4 Å². The fraction of sp³-hybridized carbons (Fsp3) is 0.786. The highest BCUT2D eigenvalue weighted by molar-refractivity contribution is 7.87. The van der Waals surface area contributed by atoms with Crippen molar-refractivity contribution >= 4 is 16.8 Å². The van der Waals surface area contributed by atoms with E-state index in [1.165, 1.54) is 57.1 Å². The summed E-state index contributed by atoms with van der Waals surface area (Å²) in [6, 6.07) is 0. The second kappa shape index (κ2) is 12.8.